The van der Waals surface area contributed by atoms with Crippen LogP contribution in [0, 0.1) is 0 Å². The first-order chi connectivity index (χ1) is 5.49. The van der Waals surface area contributed by atoms with Gasteiger partial charge in [0.1, 0.15) is 0 Å². The first kappa shape index (κ1) is 12.8. The number of phenolic OH excluding ortho intramolecular Hbond substituents is 1. The Kier molecular flexibility index (Phi) is 4.77. The van der Waals surface area contributed by atoms with Crippen LogP contribution in [0.25, 0.3) is 0 Å². The molecule has 1 N–H and O–H groups in total. The monoisotopic (exact) mass is 212 g/mol. The van der Waals surface area contributed by atoms with Crippen molar-refractivity contribution in [3.05, 3.63) is 24.3 Å². The molecule has 0 aliphatic rings. The van der Waals surface area contributed by atoms with E-state index in [1.165, 1.54) is 12.1 Å². The van der Waals surface area contributed by atoms with Crippen LogP contribution in [0.2, 0.25) is 0 Å². The van der Waals surface area contributed by atoms with Crippen LogP contribution in [0.1, 0.15) is 1.43 Å². The van der Waals surface area contributed by atoms with E-state index >= 15 is 0 Å². The molecule has 0 amide bonds. The SMILES string of the molecule is CS(=O)(=O)Oc1ccccc1O.[H-].[Na+]. The van der Waals surface area contributed by atoms with Crippen LogP contribution in [0.15, 0.2) is 24.3 Å². The third kappa shape index (κ3) is 4.52. The van der Waals surface area contributed by atoms with Crippen LogP contribution in [0.5, 0.6) is 11.5 Å². The van der Waals surface area contributed by atoms with Crippen LogP contribution < -0.4 is 33.7 Å². The smallest absolute Gasteiger partial charge is 1.00 e. The topological polar surface area (TPSA) is 63.6 Å². The summed E-state index contributed by atoms with van der Waals surface area (Å²) in [6.07, 6.45) is 0.916. The number of rotatable bonds is 2. The van der Waals surface area contributed by atoms with Gasteiger partial charge >= 0.3 is 39.7 Å². The van der Waals surface area contributed by atoms with Crippen LogP contribution >= 0.6 is 0 Å². The minimum absolute atomic E-state index is 0. The van der Waals surface area contributed by atoms with Crippen molar-refractivity contribution in [3.63, 3.8) is 0 Å². The molecule has 0 heterocycles. The fraction of sp³-hybridized carbons (Fsp3) is 0.143. The molecule has 0 aliphatic carbocycles. The molecule has 0 saturated heterocycles. The van der Waals surface area contributed by atoms with E-state index in [0.29, 0.717) is 0 Å². The molecule has 4 nitrogen and oxygen atoms in total. The second-order valence-corrected chi connectivity index (χ2v) is 3.83. The predicted molar refractivity (Wildman–Crippen MR) is 44.7 cm³/mol. The number of phenols is 1. The van der Waals surface area contributed by atoms with E-state index in [1.807, 2.05) is 0 Å². The molecule has 1 rings (SSSR count). The summed E-state index contributed by atoms with van der Waals surface area (Å²) in [6, 6.07) is 5.86. The normalized spacial score (nSPS) is 10.2. The number of para-hydroxylation sites is 2. The largest absolute Gasteiger partial charge is 1.00 e. The number of hydrogen-bond acceptors (Lipinski definition) is 4. The standard InChI is InChI=1S/C7H8O4S.Na.H/c1-12(9,10)11-7-5-3-2-4-6(7)8;;/h2-5,8H,1H3;;/q;+1;-1. The van der Waals surface area contributed by atoms with Crippen LogP contribution in [0.4, 0.5) is 0 Å². The Labute approximate surface area is 100 Å². The second-order valence-electron chi connectivity index (χ2n) is 2.26. The Balaban J connectivity index is 0. The quantitative estimate of drug-likeness (QED) is 0.448. The van der Waals surface area contributed by atoms with Gasteiger partial charge in [0.25, 0.3) is 0 Å². The Morgan fingerprint density at radius 1 is 1.38 bits per heavy atom. The van der Waals surface area contributed by atoms with Gasteiger partial charge in [0, 0.05) is 0 Å². The van der Waals surface area contributed by atoms with E-state index < -0.39 is 10.1 Å². The van der Waals surface area contributed by atoms with Gasteiger partial charge in [-0.25, -0.2) is 0 Å². The van der Waals surface area contributed by atoms with E-state index in [4.69, 9.17) is 5.11 Å². The fourth-order valence-electron chi connectivity index (χ4n) is 0.691. The minimum Gasteiger partial charge on any atom is -1.00 e. The molecule has 1 aromatic carbocycles. The summed E-state index contributed by atoms with van der Waals surface area (Å²) < 4.78 is 25.7. The molecule has 1 aromatic rings. The number of benzene rings is 1. The summed E-state index contributed by atoms with van der Waals surface area (Å²) in [7, 11) is -3.56. The molecule has 0 aliphatic heterocycles. The molecule has 0 fully saturated rings. The molecule has 0 atom stereocenters. The first-order valence-corrected chi connectivity index (χ1v) is 4.98. The van der Waals surface area contributed by atoms with Gasteiger partial charge in [-0.2, -0.15) is 8.42 Å². The predicted octanol–water partition coefficient (Wildman–Crippen LogP) is -2.15. The van der Waals surface area contributed by atoms with Crippen molar-refractivity contribution in [2.45, 2.75) is 0 Å². The zero-order valence-corrected chi connectivity index (χ0v) is 10.2. The number of hydrogen-bond donors (Lipinski definition) is 1. The summed E-state index contributed by atoms with van der Waals surface area (Å²) in [4.78, 5) is 0. The van der Waals surface area contributed by atoms with Crippen molar-refractivity contribution in [2.24, 2.45) is 0 Å². The molecule has 0 radical (unpaired) electrons. The molecule has 68 valence electrons. The van der Waals surface area contributed by atoms with Crippen molar-refractivity contribution in [1.82, 2.24) is 0 Å². The van der Waals surface area contributed by atoms with Crippen LogP contribution in [-0.4, -0.2) is 19.8 Å². The Morgan fingerprint density at radius 2 is 1.92 bits per heavy atom. The van der Waals surface area contributed by atoms with E-state index in [2.05, 4.69) is 4.18 Å². The van der Waals surface area contributed by atoms with E-state index in [0.717, 1.165) is 6.26 Å². The summed E-state index contributed by atoms with van der Waals surface area (Å²) >= 11 is 0. The second kappa shape index (κ2) is 4.85. The van der Waals surface area contributed by atoms with Gasteiger partial charge in [-0.3, -0.25) is 0 Å². The molecule has 0 saturated carbocycles. The van der Waals surface area contributed by atoms with Crippen molar-refractivity contribution >= 4 is 10.1 Å². The Hall–Kier alpha value is -0.230. The molecule has 6 heteroatoms. The average Bonchev–Trinajstić information content (AvgIpc) is 1.91. The van der Waals surface area contributed by atoms with Gasteiger partial charge in [0.05, 0.1) is 6.26 Å². The minimum atomic E-state index is -3.56. The molecule has 0 spiro atoms. The molecular weight excluding hydrogens is 203 g/mol. The van der Waals surface area contributed by atoms with Crippen molar-refractivity contribution in [2.75, 3.05) is 6.26 Å². The third-order valence-electron chi connectivity index (χ3n) is 1.11. The van der Waals surface area contributed by atoms with E-state index in [-0.39, 0.29) is 42.5 Å². The fourth-order valence-corrected chi connectivity index (χ4v) is 1.16. The molecular formula is C7H9NaO4S. The summed E-state index contributed by atoms with van der Waals surface area (Å²) in [5.41, 5.74) is 0. The maximum absolute atomic E-state index is 10.6. The maximum Gasteiger partial charge on any atom is 1.00 e. The summed E-state index contributed by atoms with van der Waals surface area (Å²) in [5, 5.41) is 9.08. The average molecular weight is 212 g/mol. The maximum atomic E-state index is 10.6. The first-order valence-electron chi connectivity index (χ1n) is 3.16. The van der Waals surface area contributed by atoms with Crippen molar-refractivity contribution in [1.29, 1.82) is 0 Å². The van der Waals surface area contributed by atoms with Gasteiger partial charge in [-0.15, -0.1) is 0 Å². The Bertz CT molecular complexity index is 379. The van der Waals surface area contributed by atoms with Gasteiger partial charge < -0.3 is 10.7 Å². The van der Waals surface area contributed by atoms with Gasteiger partial charge in [-0.1, -0.05) is 12.1 Å². The molecule has 13 heavy (non-hydrogen) atoms. The Morgan fingerprint density at radius 3 is 2.38 bits per heavy atom. The summed E-state index contributed by atoms with van der Waals surface area (Å²) in [5.74, 6) is -0.247. The summed E-state index contributed by atoms with van der Waals surface area (Å²) in [6.45, 7) is 0. The third-order valence-corrected chi connectivity index (χ3v) is 1.59. The van der Waals surface area contributed by atoms with Crippen LogP contribution in [0.3, 0.4) is 0 Å². The number of aromatic hydroxyl groups is 1. The molecule has 0 bridgehead atoms. The van der Waals surface area contributed by atoms with Gasteiger partial charge in [0.15, 0.2) is 11.5 Å². The van der Waals surface area contributed by atoms with E-state index in [1.54, 1.807) is 12.1 Å². The van der Waals surface area contributed by atoms with E-state index in [9.17, 15) is 8.42 Å². The van der Waals surface area contributed by atoms with Crippen molar-refractivity contribution < 1.29 is 48.7 Å². The van der Waals surface area contributed by atoms with Gasteiger partial charge in [-0.05, 0) is 12.1 Å². The zero-order valence-electron chi connectivity index (χ0n) is 8.39. The van der Waals surface area contributed by atoms with Gasteiger partial charge in [0.2, 0.25) is 0 Å². The van der Waals surface area contributed by atoms with Crippen molar-refractivity contribution in [3.8, 4) is 11.5 Å². The zero-order chi connectivity index (χ0) is 9.19. The molecule has 0 aromatic heterocycles. The van der Waals surface area contributed by atoms with Crippen LogP contribution in [-0.2, 0) is 10.1 Å². The molecule has 0 unspecified atom stereocenters.